The van der Waals surface area contributed by atoms with Gasteiger partial charge < -0.3 is 14.3 Å². The molecule has 34 heavy (non-hydrogen) atoms. The smallest absolute Gasteiger partial charge is 0.294 e. The molecule has 0 saturated heterocycles. The highest BCUT2D eigenvalue weighted by Crippen LogP contribution is 2.43. The number of amides is 1. The predicted octanol–water partition coefficient (Wildman–Crippen LogP) is 5.50. The lowest BCUT2D eigenvalue weighted by Crippen LogP contribution is -2.31. The third-order valence-electron chi connectivity index (χ3n) is 5.70. The SMILES string of the molecule is COc1cccc2cc(C(=O)C3=C(O)C(=O)N(c4ccc(F)c(F)c4)C3c3ccccc3)oc12. The van der Waals surface area contributed by atoms with Crippen LogP contribution >= 0.6 is 0 Å². The first-order valence-corrected chi connectivity index (χ1v) is 10.3. The number of nitrogens with zero attached hydrogens (tertiary/aromatic N) is 1. The van der Waals surface area contributed by atoms with E-state index in [1.54, 1.807) is 48.5 Å². The number of halogens is 2. The Balaban J connectivity index is 1.66. The number of para-hydroxylation sites is 1. The lowest BCUT2D eigenvalue weighted by atomic mass is 9.95. The van der Waals surface area contributed by atoms with Crippen molar-refractivity contribution in [1.82, 2.24) is 0 Å². The van der Waals surface area contributed by atoms with Gasteiger partial charge in [-0.05, 0) is 29.8 Å². The Bertz CT molecular complexity index is 1480. The number of hydrogen-bond acceptors (Lipinski definition) is 5. The summed E-state index contributed by atoms with van der Waals surface area (Å²) in [6.07, 6.45) is 0. The van der Waals surface area contributed by atoms with Crippen molar-refractivity contribution in [3.8, 4) is 5.75 Å². The molecule has 3 aromatic carbocycles. The van der Waals surface area contributed by atoms with Crippen molar-refractivity contribution in [3.05, 3.63) is 107 Å². The zero-order chi connectivity index (χ0) is 24.0. The van der Waals surface area contributed by atoms with Gasteiger partial charge in [0.2, 0.25) is 5.78 Å². The van der Waals surface area contributed by atoms with E-state index < -0.39 is 35.1 Å². The molecular formula is C26H17F2NO5. The number of methoxy groups -OCH3 is 1. The second-order valence-electron chi connectivity index (χ2n) is 7.67. The average Bonchev–Trinajstić information content (AvgIpc) is 3.40. The van der Waals surface area contributed by atoms with Crippen LogP contribution in [0.25, 0.3) is 11.0 Å². The van der Waals surface area contributed by atoms with Gasteiger partial charge in [-0.2, -0.15) is 0 Å². The number of Topliss-reactive ketones (excluding diaryl/α,β-unsaturated/α-hetero) is 1. The first-order valence-electron chi connectivity index (χ1n) is 10.3. The molecule has 1 atom stereocenters. The van der Waals surface area contributed by atoms with E-state index >= 15 is 0 Å². The molecule has 5 rings (SSSR count). The van der Waals surface area contributed by atoms with E-state index in [4.69, 9.17) is 9.15 Å². The molecule has 1 aliphatic heterocycles. The number of anilines is 1. The van der Waals surface area contributed by atoms with E-state index in [-0.39, 0.29) is 17.0 Å². The molecule has 0 fully saturated rings. The summed E-state index contributed by atoms with van der Waals surface area (Å²) in [6, 6.07) is 16.9. The van der Waals surface area contributed by atoms with E-state index in [0.717, 1.165) is 17.0 Å². The molecule has 2 heterocycles. The quantitative estimate of drug-likeness (QED) is 0.397. The second-order valence-corrected chi connectivity index (χ2v) is 7.67. The molecule has 4 aromatic rings. The van der Waals surface area contributed by atoms with Crippen LogP contribution in [0.5, 0.6) is 5.75 Å². The van der Waals surface area contributed by atoms with Gasteiger partial charge in [-0.1, -0.05) is 42.5 Å². The number of aliphatic hydroxyl groups is 1. The fourth-order valence-corrected chi connectivity index (χ4v) is 4.13. The highest BCUT2D eigenvalue weighted by Gasteiger charge is 2.45. The molecule has 0 aliphatic carbocycles. The third-order valence-corrected chi connectivity index (χ3v) is 5.70. The Morgan fingerprint density at radius 2 is 1.76 bits per heavy atom. The predicted molar refractivity (Wildman–Crippen MR) is 120 cm³/mol. The van der Waals surface area contributed by atoms with Crippen molar-refractivity contribution in [2.45, 2.75) is 6.04 Å². The molecule has 1 aromatic heterocycles. The van der Waals surface area contributed by atoms with Gasteiger partial charge in [0.25, 0.3) is 5.91 Å². The average molecular weight is 461 g/mol. The number of ether oxygens (including phenoxy) is 1. The summed E-state index contributed by atoms with van der Waals surface area (Å²) in [6.45, 7) is 0. The Labute approximate surface area is 192 Å². The number of ketones is 1. The van der Waals surface area contributed by atoms with Crippen molar-refractivity contribution in [2.75, 3.05) is 12.0 Å². The van der Waals surface area contributed by atoms with Crippen LogP contribution in [0.15, 0.2) is 88.5 Å². The van der Waals surface area contributed by atoms with E-state index in [1.807, 2.05) is 0 Å². The number of furan rings is 1. The Kier molecular flexibility index (Phi) is 5.13. The van der Waals surface area contributed by atoms with Crippen molar-refractivity contribution in [1.29, 1.82) is 0 Å². The Morgan fingerprint density at radius 1 is 1.00 bits per heavy atom. The number of carbonyl (C=O) groups excluding carboxylic acids is 2. The van der Waals surface area contributed by atoms with E-state index in [2.05, 4.69) is 0 Å². The molecule has 170 valence electrons. The summed E-state index contributed by atoms with van der Waals surface area (Å²) in [4.78, 5) is 27.8. The van der Waals surface area contributed by atoms with Gasteiger partial charge in [0.1, 0.15) is 0 Å². The van der Waals surface area contributed by atoms with Crippen LogP contribution in [0.1, 0.15) is 22.2 Å². The van der Waals surface area contributed by atoms with Gasteiger partial charge in [0, 0.05) is 17.1 Å². The van der Waals surface area contributed by atoms with Crippen LogP contribution in [-0.2, 0) is 4.79 Å². The van der Waals surface area contributed by atoms with Crippen LogP contribution in [0.3, 0.4) is 0 Å². The lowest BCUT2D eigenvalue weighted by molar-refractivity contribution is -0.117. The fourth-order valence-electron chi connectivity index (χ4n) is 4.13. The van der Waals surface area contributed by atoms with E-state index in [1.165, 1.54) is 19.2 Å². The Hall–Kier alpha value is -4.46. The first-order chi connectivity index (χ1) is 16.4. The highest BCUT2D eigenvalue weighted by atomic mass is 19.2. The van der Waals surface area contributed by atoms with E-state index in [0.29, 0.717) is 22.3 Å². The van der Waals surface area contributed by atoms with Crippen molar-refractivity contribution in [2.24, 2.45) is 0 Å². The van der Waals surface area contributed by atoms with Crippen molar-refractivity contribution < 1.29 is 32.6 Å². The number of rotatable bonds is 5. The Morgan fingerprint density at radius 3 is 2.47 bits per heavy atom. The zero-order valence-electron chi connectivity index (χ0n) is 17.8. The lowest BCUT2D eigenvalue weighted by Gasteiger charge is -2.26. The van der Waals surface area contributed by atoms with Crippen molar-refractivity contribution in [3.63, 3.8) is 0 Å². The molecule has 0 spiro atoms. The zero-order valence-corrected chi connectivity index (χ0v) is 17.8. The summed E-state index contributed by atoms with van der Waals surface area (Å²) < 4.78 is 38.6. The standard InChI is InChI=1S/C26H17F2NO5/c1-33-19-9-5-8-15-12-20(34-25(15)19)23(30)21-22(14-6-3-2-4-7-14)29(26(32)24(21)31)16-10-11-17(27)18(28)13-16/h2-13,22,31H,1H3. The number of benzene rings is 3. The summed E-state index contributed by atoms with van der Waals surface area (Å²) in [5.74, 6) is -4.38. The number of carbonyl (C=O) groups is 2. The number of aliphatic hydroxyl groups excluding tert-OH is 1. The summed E-state index contributed by atoms with van der Waals surface area (Å²) in [7, 11) is 1.47. The third kappa shape index (κ3) is 3.31. The van der Waals surface area contributed by atoms with Gasteiger partial charge in [-0.15, -0.1) is 0 Å². The maximum atomic E-state index is 14.0. The van der Waals surface area contributed by atoms with Gasteiger partial charge in [-0.25, -0.2) is 8.78 Å². The summed E-state index contributed by atoms with van der Waals surface area (Å²) in [5, 5.41) is 11.4. The number of fused-ring (bicyclic) bond motifs is 1. The second kappa shape index (κ2) is 8.15. The summed E-state index contributed by atoms with van der Waals surface area (Å²) >= 11 is 0. The minimum atomic E-state index is -1.17. The van der Waals surface area contributed by atoms with Crippen LogP contribution in [-0.4, -0.2) is 23.9 Å². The maximum absolute atomic E-state index is 14.0. The molecule has 0 bridgehead atoms. The molecule has 1 unspecified atom stereocenters. The van der Waals surface area contributed by atoms with Crippen LogP contribution < -0.4 is 9.64 Å². The van der Waals surface area contributed by atoms with E-state index in [9.17, 15) is 23.5 Å². The largest absolute Gasteiger partial charge is 0.503 e. The minimum Gasteiger partial charge on any atom is -0.503 e. The monoisotopic (exact) mass is 461 g/mol. The molecule has 6 nitrogen and oxygen atoms in total. The maximum Gasteiger partial charge on any atom is 0.294 e. The molecule has 0 radical (unpaired) electrons. The van der Waals surface area contributed by atoms with Gasteiger partial charge in [-0.3, -0.25) is 14.5 Å². The molecule has 8 heteroatoms. The normalized spacial score (nSPS) is 15.9. The molecular weight excluding hydrogens is 444 g/mol. The topological polar surface area (TPSA) is 80.0 Å². The fraction of sp³-hybridized carbons (Fsp3) is 0.0769. The van der Waals surface area contributed by atoms with Crippen molar-refractivity contribution >= 4 is 28.3 Å². The van der Waals surface area contributed by atoms with Gasteiger partial charge in [0.15, 0.2) is 34.5 Å². The number of hydrogen-bond donors (Lipinski definition) is 1. The summed E-state index contributed by atoms with van der Waals surface area (Å²) in [5.41, 5.74) is 0.575. The highest BCUT2D eigenvalue weighted by molar-refractivity contribution is 6.20. The van der Waals surface area contributed by atoms with Gasteiger partial charge in [0.05, 0.1) is 18.7 Å². The minimum absolute atomic E-state index is 0.0154. The van der Waals surface area contributed by atoms with Gasteiger partial charge >= 0.3 is 0 Å². The molecule has 1 aliphatic rings. The van der Waals surface area contributed by atoms with Crippen LogP contribution in [0, 0.1) is 11.6 Å². The van der Waals surface area contributed by atoms with Crippen LogP contribution in [0.4, 0.5) is 14.5 Å². The molecule has 1 N–H and O–H groups in total. The van der Waals surface area contributed by atoms with Crippen LogP contribution in [0.2, 0.25) is 0 Å². The molecule has 0 saturated carbocycles. The molecule has 1 amide bonds. The first kappa shape index (κ1) is 21.4.